The van der Waals surface area contributed by atoms with Gasteiger partial charge in [-0.3, -0.25) is 0 Å². The molecule has 4 aromatic rings. The summed E-state index contributed by atoms with van der Waals surface area (Å²) in [6.07, 6.45) is 0. The van der Waals surface area contributed by atoms with Gasteiger partial charge in [0.1, 0.15) is 5.82 Å². The highest BCUT2D eigenvalue weighted by molar-refractivity contribution is 7.80. The predicted octanol–water partition coefficient (Wildman–Crippen LogP) is 5.76. The number of aromatic amines is 1. The monoisotopic (exact) mass is 421 g/mol. The van der Waals surface area contributed by atoms with Crippen LogP contribution in [0.5, 0.6) is 0 Å². The van der Waals surface area contributed by atoms with Crippen LogP contribution in [0.2, 0.25) is 5.02 Å². The molecule has 4 rings (SSSR count). The van der Waals surface area contributed by atoms with Gasteiger partial charge < -0.3 is 20.5 Å². The van der Waals surface area contributed by atoms with E-state index in [1.165, 1.54) is 0 Å². The van der Waals surface area contributed by atoms with Crippen molar-refractivity contribution in [2.45, 2.75) is 0 Å². The van der Waals surface area contributed by atoms with E-state index in [-0.39, 0.29) is 0 Å². The first-order chi connectivity index (χ1) is 14.0. The van der Waals surface area contributed by atoms with E-state index in [9.17, 15) is 0 Å². The molecule has 0 spiro atoms. The van der Waals surface area contributed by atoms with E-state index in [4.69, 9.17) is 23.8 Å². The van der Waals surface area contributed by atoms with Crippen molar-refractivity contribution in [2.24, 2.45) is 0 Å². The molecule has 0 atom stereocenters. The van der Waals surface area contributed by atoms with Gasteiger partial charge in [0.2, 0.25) is 0 Å². The van der Waals surface area contributed by atoms with Crippen molar-refractivity contribution in [1.82, 2.24) is 9.97 Å². The predicted molar refractivity (Wildman–Crippen MR) is 127 cm³/mol. The van der Waals surface area contributed by atoms with Gasteiger partial charge in [-0.2, -0.15) is 0 Å². The lowest BCUT2D eigenvalue weighted by molar-refractivity contribution is 1.13. The fraction of sp³-hybridized carbons (Fsp3) is 0.0909. The summed E-state index contributed by atoms with van der Waals surface area (Å²) in [6.45, 7) is 0. The molecule has 0 aliphatic carbocycles. The molecule has 0 unspecified atom stereocenters. The number of nitrogens with one attached hydrogen (secondary N) is 3. The van der Waals surface area contributed by atoms with E-state index < -0.39 is 0 Å². The van der Waals surface area contributed by atoms with E-state index in [1.54, 1.807) is 0 Å². The minimum absolute atomic E-state index is 0.500. The molecular formula is C22H20ClN5S. The van der Waals surface area contributed by atoms with Crippen LogP contribution < -0.4 is 15.5 Å². The Labute approximate surface area is 179 Å². The van der Waals surface area contributed by atoms with Gasteiger partial charge >= 0.3 is 0 Å². The summed E-state index contributed by atoms with van der Waals surface area (Å²) in [5.41, 5.74) is 5.55. The Morgan fingerprint density at radius 3 is 2.38 bits per heavy atom. The molecule has 0 fully saturated rings. The Kier molecular flexibility index (Phi) is 5.38. The van der Waals surface area contributed by atoms with Crippen molar-refractivity contribution in [1.29, 1.82) is 0 Å². The number of hydrogen-bond donors (Lipinski definition) is 3. The van der Waals surface area contributed by atoms with Crippen LogP contribution in [0.3, 0.4) is 0 Å². The number of nitrogens with zero attached hydrogens (tertiary/aromatic N) is 2. The van der Waals surface area contributed by atoms with Gasteiger partial charge in [0, 0.05) is 36.7 Å². The van der Waals surface area contributed by atoms with Gasteiger partial charge in [0.05, 0.1) is 16.1 Å². The molecular weight excluding hydrogens is 402 g/mol. The summed E-state index contributed by atoms with van der Waals surface area (Å²) in [5.74, 6) is 0.720. The average molecular weight is 422 g/mol. The third-order valence-electron chi connectivity index (χ3n) is 4.51. The third-order valence-corrected chi connectivity index (χ3v) is 5.04. The number of thiocarbonyl (C=S) groups is 1. The third kappa shape index (κ3) is 4.34. The fourth-order valence-corrected chi connectivity index (χ4v) is 3.44. The zero-order chi connectivity index (χ0) is 20.4. The van der Waals surface area contributed by atoms with Crippen LogP contribution in [0.15, 0.2) is 66.7 Å². The minimum Gasteiger partial charge on any atom is -0.378 e. The number of benzene rings is 3. The zero-order valence-corrected chi connectivity index (χ0v) is 17.6. The van der Waals surface area contributed by atoms with Crippen molar-refractivity contribution in [3.05, 3.63) is 71.8 Å². The largest absolute Gasteiger partial charge is 0.378 e. The van der Waals surface area contributed by atoms with Crippen LogP contribution in [0.1, 0.15) is 0 Å². The number of imidazole rings is 1. The first-order valence-electron chi connectivity index (χ1n) is 9.10. The molecule has 0 radical (unpaired) electrons. The quantitative estimate of drug-likeness (QED) is 0.366. The Morgan fingerprint density at radius 1 is 0.966 bits per heavy atom. The highest BCUT2D eigenvalue weighted by Gasteiger charge is 2.10. The van der Waals surface area contributed by atoms with Crippen molar-refractivity contribution < 1.29 is 0 Å². The van der Waals surface area contributed by atoms with E-state index in [0.717, 1.165) is 39.5 Å². The van der Waals surface area contributed by atoms with Crippen LogP contribution in [0.25, 0.3) is 22.4 Å². The molecule has 1 aromatic heterocycles. The van der Waals surface area contributed by atoms with Crippen LogP contribution in [-0.4, -0.2) is 29.2 Å². The highest BCUT2D eigenvalue weighted by Crippen LogP contribution is 2.30. The van der Waals surface area contributed by atoms with E-state index in [1.807, 2.05) is 85.7 Å². The lowest BCUT2D eigenvalue weighted by Crippen LogP contribution is -2.19. The topological polar surface area (TPSA) is 56.0 Å². The van der Waals surface area contributed by atoms with Crippen LogP contribution >= 0.6 is 23.8 Å². The second-order valence-electron chi connectivity index (χ2n) is 6.82. The maximum absolute atomic E-state index is 6.42. The summed E-state index contributed by atoms with van der Waals surface area (Å²) in [7, 11) is 4.02. The summed E-state index contributed by atoms with van der Waals surface area (Å²) in [6, 6.07) is 21.6. The molecule has 0 saturated carbocycles. The molecule has 0 saturated heterocycles. The molecule has 3 aromatic carbocycles. The lowest BCUT2D eigenvalue weighted by atomic mass is 10.2. The number of para-hydroxylation sites is 2. The van der Waals surface area contributed by atoms with Crippen molar-refractivity contribution in [2.75, 3.05) is 29.6 Å². The van der Waals surface area contributed by atoms with E-state index in [2.05, 4.69) is 20.6 Å². The Morgan fingerprint density at radius 2 is 1.66 bits per heavy atom. The Balaban J connectivity index is 1.51. The molecule has 0 aliphatic rings. The highest BCUT2D eigenvalue weighted by atomic mass is 35.5. The van der Waals surface area contributed by atoms with E-state index in [0.29, 0.717) is 10.1 Å². The number of H-pyrrole nitrogens is 1. The average Bonchev–Trinajstić information content (AvgIpc) is 3.14. The first kappa shape index (κ1) is 19.2. The number of fused-ring (bicyclic) bond motifs is 1. The summed E-state index contributed by atoms with van der Waals surface area (Å²) < 4.78 is 0. The first-order valence-corrected chi connectivity index (χ1v) is 9.88. The van der Waals surface area contributed by atoms with Crippen molar-refractivity contribution >= 4 is 57.0 Å². The van der Waals surface area contributed by atoms with Crippen molar-refractivity contribution in [3.8, 4) is 11.4 Å². The lowest BCUT2D eigenvalue weighted by Gasteiger charge is -2.14. The molecule has 3 N–H and O–H groups in total. The second-order valence-corrected chi connectivity index (χ2v) is 7.63. The standard InChI is InChI=1S/C22H20ClN5S/c1-28(2)16-10-7-14(8-11-16)24-22(29)25-15-9-12-18(23)17(13-15)21-26-19-5-3-4-6-20(19)27-21/h3-13H,1-2H3,(H,26,27)(H2,24,25,29). The zero-order valence-electron chi connectivity index (χ0n) is 16.0. The number of rotatable bonds is 4. The van der Waals surface area contributed by atoms with Crippen LogP contribution in [0.4, 0.5) is 17.1 Å². The molecule has 5 nitrogen and oxygen atoms in total. The Hall–Kier alpha value is -3.09. The van der Waals surface area contributed by atoms with Gasteiger partial charge in [-0.1, -0.05) is 23.7 Å². The number of halogens is 1. The molecule has 7 heteroatoms. The van der Waals surface area contributed by atoms with Gasteiger partial charge in [0.25, 0.3) is 0 Å². The summed E-state index contributed by atoms with van der Waals surface area (Å²) in [4.78, 5) is 9.99. The Bertz CT molecular complexity index is 1130. The van der Waals surface area contributed by atoms with Crippen molar-refractivity contribution in [3.63, 3.8) is 0 Å². The molecule has 29 heavy (non-hydrogen) atoms. The maximum Gasteiger partial charge on any atom is 0.175 e. The maximum atomic E-state index is 6.42. The minimum atomic E-state index is 0.500. The molecule has 0 aliphatic heterocycles. The summed E-state index contributed by atoms with van der Waals surface area (Å²) in [5, 5.41) is 7.52. The van der Waals surface area contributed by atoms with Crippen LogP contribution in [0, 0.1) is 0 Å². The fourth-order valence-electron chi connectivity index (χ4n) is 3.00. The molecule has 0 bridgehead atoms. The molecule has 0 amide bonds. The number of hydrogen-bond acceptors (Lipinski definition) is 3. The second kappa shape index (κ2) is 8.11. The van der Waals surface area contributed by atoms with Gasteiger partial charge in [0.15, 0.2) is 5.11 Å². The van der Waals surface area contributed by atoms with Gasteiger partial charge in [-0.25, -0.2) is 4.98 Å². The number of aromatic nitrogens is 2. The summed E-state index contributed by atoms with van der Waals surface area (Å²) >= 11 is 11.9. The van der Waals surface area contributed by atoms with Gasteiger partial charge in [-0.15, -0.1) is 0 Å². The van der Waals surface area contributed by atoms with Gasteiger partial charge in [-0.05, 0) is 66.8 Å². The van der Waals surface area contributed by atoms with E-state index >= 15 is 0 Å². The SMILES string of the molecule is CN(C)c1ccc(NC(=S)Nc2ccc(Cl)c(-c3nc4ccccc4[nH]3)c2)cc1. The molecule has 1 heterocycles. The normalized spacial score (nSPS) is 10.7. The smallest absolute Gasteiger partial charge is 0.175 e. The number of anilines is 3. The molecule has 146 valence electrons. The van der Waals surface area contributed by atoms with Crippen LogP contribution in [-0.2, 0) is 0 Å².